The maximum Gasteiger partial charge on any atom is 0.0994 e. The molecule has 1 aromatic heterocycles. The lowest BCUT2D eigenvalue weighted by atomic mass is 9.98. The van der Waals surface area contributed by atoms with E-state index in [0.717, 1.165) is 25.9 Å². The second-order valence-corrected chi connectivity index (χ2v) is 5.08. The van der Waals surface area contributed by atoms with Crippen LogP contribution >= 0.6 is 0 Å². The van der Waals surface area contributed by atoms with Crippen molar-refractivity contribution >= 4 is 0 Å². The van der Waals surface area contributed by atoms with Gasteiger partial charge in [0.05, 0.1) is 18.0 Å². The van der Waals surface area contributed by atoms with E-state index in [1.54, 1.807) is 0 Å². The quantitative estimate of drug-likeness (QED) is 0.825. The van der Waals surface area contributed by atoms with E-state index in [-0.39, 0.29) is 11.6 Å². The van der Waals surface area contributed by atoms with Gasteiger partial charge < -0.3 is 10.5 Å². The van der Waals surface area contributed by atoms with E-state index in [1.165, 1.54) is 24.1 Å². The van der Waals surface area contributed by atoms with Gasteiger partial charge in [0.15, 0.2) is 0 Å². The highest BCUT2D eigenvalue weighted by Crippen LogP contribution is 2.46. The third kappa shape index (κ3) is 1.57. The molecular formula is C12H19N3O. The fourth-order valence-corrected chi connectivity index (χ4v) is 2.57. The van der Waals surface area contributed by atoms with Crippen LogP contribution in [0.2, 0.25) is 0 Å². The van der Waals surface area contributed by atoms with Crippen LogP contribution in [-0.4, -0.2) is 16.4 Å². The van der Waals surface area contributed by atoms with Crippen molar-refractivity contribution in [2.45, 2.75) is 43.7 Å². The standard InChI is InChI=1S/C12H19N3O/c1-15-11(10-4-2-3-7-16-10)9(8-14-15)12(13)5-6-12/h8,10H,2-7,13H2,1H3. The second kappa shape index (κ2) is 3.57. The molecule has 1 unspecified atom stereocenters. The minimum atomic E-state index is -0.107. The predicted octanol–water partition coefficient (Wildman–Crippen LogP) is 1.61. The molecule has 0 bridgehead atoms. The zero-order valence-electron chi connectivity index (χ0n) is 9.78. The summed E-state index contributed by atoms with van der Waals surface area (Å²) in [7, 11) is 1.99. The fourth-order valence-electron chi connectivity index (χ4n) is 2.57. The molecule has 3 rings (SSSR count). The van der Waals surface area contributed by atoms with E-state index < -0.39 is 0 Å². The third-order valence-corrected chi connectivity index (χ3v) is 3.79. The van der Waals surface area contributed by atoms with Gasteiger partial charge in [0.2, 0.25) is 0 Å². The summed E-state index contributed by atoms with van der Waals surface area (Å²) in [5.74, 6) is 0. The molecule has 4 nitrogen and oxygen atoms in total. The van der Waals surface area contributed by atoms with Crippen molar-refractivity contribution in [2.75, 3.05) is 6.61 Å². The number of aryl methyl sites for hydroxylation is 1. The number of aromatic nitrogens is 2. The van der Waals surface area contributed by atoms with Crippen LogP contribution in [0.25, 0.3) is 0 Å². The first kappa shape index (κ1) is 10.3. The molecule has 1 aliphatic heterocycles. The lowest BCUT2D eigenvalue weighted by molar-refractivity contribution is 0.00923. The molecule has 0 radical (unpaired) electrons. The first-order valence-corrected chi connectivity index (χ1v) is 6.13. The van der Waals surface area contributed by atoms with Crippen LogP contribution < -0.4 is 5.73 Å². The van der Waals surface area contributed by atoms with Gasteiger partial charge in [-0.05, 0) is 32.1 Å². The molecule has 1 atom stereocenters. The molecule has 1 aliphatic carbocycles. The molecule has 16 heavy (non-hydrogen) atoms. The Morgan fingerprint density at radius 1 is 1.50 bits per heavy atom. The zero-order chi connectivity index (χ0) is 11.2. The van der Waals surface area contributed by atoms with Gasteiger partial charge in [-0.3, -0.25) is 4.68 Å². The van der Waals surface area contributed by atoms with E-state index in [0.29, 0.717) is 0 Å². The van der Waals surface area contributed by atoms with Gasteiger partial charge in [-0.1, -0.05) is 0 Å². The Labute approximate surface area is 95.8 Å². The highest BCUT2D eigenvalue weighted by Gasteiger charge is 2.44. The Kier molecular flexibility index (Phi) is 2.30. The van der Waals surface area contributed by atoms with Crippen molar-refractivity contribution in [1.29, 1.82) is 0 Å². The molecule has 2 aliphatic rings. The van der Waals surface area contributed by atoms with Gasteiger partial charge >= 0.3 is 0 Å². The van der Waals surface area contributed by atoms with Gasteiger partial charge in [0.1, 0.15) is 0 Å². The maximum atomic E-state index is 6.28. The molecule has 1 aromatic rings. The minimum absolute atomic E-state index is 0.107. The van der Waals surface area contributed by atoms with Crippen molar-refractivity contribution in [3.63, 3.8) is 0 Å². The van der Waals surface area contributed by atoms with Crippen molar-refractivity contribution in [3.05, 3.63) is 17.5 Å². The molecule has 1 saturated heterocycles. The average Bonchev–Trinajstić information content (AvgIpc) is 2.91. The molecule has 2 heterocycles. The number of nitrogens with zero attached hydrogens (tertiary/aromatic N) is 2. The largest absolute Gasteiger partial charge is 0.372 e. The van der Waals surface area contributed by atoms with Gasteiger partial charge in [0, 0.05) is 24.8 Å². The van der Waals surface area contributed by atoms with Gasteiger partial charge in [-0.25, -0.2) is 0 Å². The highest BCUT2D eigenvalue weighted by molar-refractivity contribution is 5.33. The normalized spacial score (nSPS) is 28.0. The van der Waals surface area contributed by atoms with Crippen LogP contribution in [0.4, 0.5) is 0 Å². The predicted molar refractivity (Wildman–Crippen MR) is 60.9 cm³/mol. The van der Waals surface area contributed by atoms with Crippen LogP contribution in [0.5, 0.6) is 0 Å². The van der Waals surface area contributed by atoms with Crippen molar-refractivity contribution in [2.24, 2.45) is 12.8 Å². The van der Waals surface area contributed by atoms with Gasteiger partial charge in [-0.2, -0.15) is 5.10 Å². The first-order chi connectivity index (χ1) is 7.71. The van der Waals surface area contributed by atoms with Gasteiger partial charge in [-0.15, -0.1) is 0 Å². The molecule has 88 valence electrons. The lowest BCUT2D eigenvalue weighted by Crippen LogP contribution is -2.24. The number of nitrogens with two attached hydrogens (primary N) is 1. The van der Waals surface area contributed by atoms with E-state index >= 15 is 0 Å². The van der Waals surface area contributed by atoms with Crippen molar-refractivity contribution in [3.8, 4) is 0 Å². The Morgan fingerprint density at radius 3 is 2.94 bits per heavy atom. The summed E-state index contributed by atoms with van der Waals surface area (Å²) in [5, 5.41) is 4.35. The van der Waals surface area contributed by atoms with E-state index in [4.69, 9.17) is 10.5 Å². The molecule has 2 fully saturated rings. The monoisotopic (exact) mass is 221 g/mol. The molecular weight excluding hydrogens is 202 g/mol. The van der Waals surface area contributed by atoms with E-state index in [9.17, 15) is 0 Å². The third-order valence-electron chi connectivity index (χ3n) is 3.79. The number of hydrogen-bond acceptors (Lipinski definition) is 3. The summed E-state index contributed by atoms with van der Waals surface area (Å²) in [6, 6.07) is 0. The highest BCUT2D eigenvalue weighted by atomic mass is 16.5. The molecule has 2 N–H and O–H groups in total. The zero-order valence-corrected chi connectivity index (χ0v) is 9.78. The molecule has 1 saturated carbocycles. The van der Waals surface area contributed by atoms with E-state index in [2.05, 4.69) is 5.10 Å². The summed E-state index contributed by atoms with van der Waals surface area (Å²) in [6.45, 7) is 0.868. The first-order valence-electron chi connectivity index (χ1n) is 6.13. The molecule has 0 amide bonds. The van der Waals surface area contributed by atoms with Crippen LogP contribution in [0, 0.1) is 0 Å². The number of rotatable bonds is 2. The summed E-state index contributed by atoms with van der Waals surface area (Å²) >= 11 is 0. The Morgan fingerprint density at radius 2 is 2.31 bits per heavy atom. The SMILES string of the molecule is Cn1ncc(C2(N)CC2)c1C1CCCCO1. The van der Waals surface area contributed by atoms with Crippen LogP contribution in [0.15, 0.2) is 6.20 Å². The molecule has 0 spiro atoms. The number of hydrogen-bond donors (Lipinski definition) is 1. The Balaban J connectivity index is 1.95. The Bertz CT molecular complexity index is 389. The summed E-state index contributed by atoms with van der Waals surface area (Å²) in [6.07, 6.45) is 7.82. The second-order valence-electron chi connectivity index (χ2n) is 5.08. The molecule has 4 heteroatoms. The van der Waals surface area contributed by atoms with Crippen LogP contribution in [-0.2, 0) is 17.3 Å². The minimum Gasteiger partial charge on any atom is -0.372 e. The maximum absolute atomic E-state index is 6.28. The van der Waals surface area contributed by atoms with Crippen molar-refractivity contribution < 1.29 is 4.74 Å². The average molecular weight is 221 g/mol. The smallest absolute Gasteiger partial charge is 0.0994 e. The van der Waals surface area contributed by atoms with Crippen LogP contribution in [0.1, 0.15) is 49.5 Å². The van der Waals surface area contributed by atoms with E-state index in [1.807, 2.05) is 17.9 Å². The summed E-state index contributed by atoms with van der Waals surface area (Å²) in [5.41, 5.74) is 8.59. The lowest BCUT2D eigenvalue weighted by Gasteiger charge is -2.25. The van der Waals surface area contributed by atoms with Gasteiger partial charge in [0.25, 0.3) is 0 Å². The summed E-state index contributed by atoms with van der Waals surface area (Å²) < 4.78 is 7.79. The molecule has 0 aromatic carbocycles. The topological polar surface area (TPSA) is 53.1 Å². The fraction of sp³-hybridized carbons (Fsp3) is 0.750. The van der Waals surface area contributed by atoms with Crippen LogP contribution in [0.3, 0.4) is 0 Å². The number of ether oxygens (including phenoxy) is 1. The van der Waals surface area contributed by atoms with Crippen molar-refractivity contribution in [1.82, 2.24) is 9.78 Å². The Hall–Kier alpha value is -0.870. The summed E-state index contributed by atoms with van der Waals surface area (Å²) in [4.78, 5) is 0.